The molecular weight excluding hydrogens is 252 g/mol. The van der Waals surface area contributed by atoms with Crippen molar-refractivity contribution >= 4 is 70.1 Å². The summed E-state index contributed by atoms with van der Waals surface area (Å²) in [4.78, 5) is 25.0. The van der Waals surface area contributed by atoms with E-state index in [0.717, 1.165) is 0 Å². The molecule has 0 saturated heterocycles. The predicted molar refractivity (Wildman–Crippen MR) is 45.9 cm³/mol. The molecule has 0 aromatic rings. The van der Waals surface area contributed by atoms with Crippen LogP contribution < -0.4 is 0 Å². The van der Waals surface area contributed by atoms with E-state index >= 15 is 0 Å². The van der Waals surface area contributed by atoms with Crippen molar-refractivity contribution in [2.45, 2.75) is 13.8 Å². The fraction of sp³-hybridized carbons (Fsp3) is 0.400. The van der Waals surface area contributed by atoms with Crippen LogP contribution in [0.15, 0.2) is 0 Å². The molecule has 0 aliphatic carbocycles. The molecule has 0 unspecified atom stereocenters. The molecule has 0 aliphatic heterocycles. The zero-order valence-corrected chi connectivity index (χ0v) is 7.20. The molecule has 15 heavy (non-hydrogen) atoms. The zero-order valence-electron chi connectivity index (χ0n) is 7.20. The minimum atomic E-state index is -2.33. The first-order chi connectivity index (χ1) is 6.20. The van der Waals surface area contributed by atoms with E-state index in [2.05, 4.69) is 0 Å². The van der Waals surface area contributed by atoms with Crippen LogP contribution >= 0.6 is 0 Å². The maximum atomic E-state index is 9.92. The van der Waals surface area contributed by atoms with E-state index < -0.39 is 18.7 Å². The van der Waals surface area contributed by atoms with Gasteiger partial charge in [-0.15, -0.1) is 13.2 Å². The van der Waals surface area contributed by atoms with Gasteiger partial charge in [-0.2, -0.15) is 0 Å². The summed E-state index contributed by atoms with van der Waals surface area (Å²) in [7, 11) is 0. The number of halogens is 3. The van der Waals surface area contributed by atoms with Gasteiger partial charge in [-0.3, -0.25) is 0 Å². The summed E-state index contributed by atoms with van der Waals surface area (Å²) >= 11 is 0. The number of rotatable bonds is 0. The molecule has 0 aromatic heterocycles. The number of carbonyl (C=O) groups is 3. The molecular formula is C5H10F3KO6. The van der Waals surface area contributed by atoms with Crippen LogP contribution in [-0.4, -0.2) is 85.4 Å². The van der Waals surface area contributed by atoms with Gasteiger partial charge >= 0.3 is 70.1 Å². The fourth-order valence-electron chi connectivity index (χ4n) is 0. The van der Waals surface area contributed by atoms with Gasteiger partial charge in [0, 0.05) is 0 Å². The van der Waals surface area contributed by atoms with Gasteiger partial charge in [0.05, 0.1) is 0 Å². The fourth-order valence-corrected chi connectivity index (χ4v) is 0. The first kappa shape index (κ1) is 29.4. The maximum absolute atomic E-state index is 9.92. The zero-order chi connectivity index (χ0) is 12.7. The van der Waals surface area contributed by atoms with Crippen molar-refractivity contribution in [1.82, 2.24) is 0 Å². The second-order valence-corrected chi connectivity index (χ2v) is 0.759. The topological polar surface area (TPSA) is 112 Å². The standard InChI is InChI=1S/C2H6.3CHFO2.K.H/c1-2;3*2-1(3)4;;/h1-2H3;3*(H,3,4);;. The SMILES string of the molecule is CC.O=C(O)F.O=C(O)F.O=C(O)F.[KH]. The summed E-state index contributed by atoms with van der Waals surface area (Å²) in [5, 5.41) is 20.2. The van der Waals surface area contributed by atoms with E-state index in [9.17, 15) is 13.2 Å². The number of hydrogen-bond donors (Lipinski definition) is 3. The van der Waals surface area contributed by atoms with Crippen molar-refractivity contribution in [2.24, 2.45) is 0 Å². The van der Waals surface area contributed by atoms with Crippen LogP contribution in [0.25, 0.3) is 0 Å². The van der Waals surface area contributed by atoms with Crippen molar-refractivity contribution in [2.75, 3.05) is 0 Å². The quantitative estimate of drug-likeness (QED) is 0.456. The third-order valence-electron chi connectivity index (χ3n) is 0. The van der Waals surface area contributed by atoms with Crippen LogP contribution in [0.1, 0.15) is 13.8 Å². The summed E-state index contributed by atoms with van der Waals surface area (Å²) in [6.45, 7) is 4.00. The molecule has 0 radical (unpaired) electrons. The Bertz CT molecular complexity index is 124. The van der Waals surface area contributed by atoms with E-state index in [1.54, 1.807) is 0 Å². The normalized spacial score (nSPS) is 5.40. The van der Waals surface area contributed by atoms with E-state index in [1.165, 1.54) is 0 Å². The summed E-state index contributed by atoms with van der Waals surface area (Å²) in [6, 6.07) is 0. The van der Waals surface area contributed by atoms with Crippen LogP contribution in [-0.2, 0) is 0 Å². The summed E-state index contributed by atoms with van der Waals surface area (Å²) in [5.41, 5.74) is 0. The molecule has 0 bridgehead atoms. The Morgan fingerprint density at radius 1 is 0.733 bits per heavy atom. The first-order valence-electron chi connectivity index (χ1n) is 2.85. The van der Waals surface area contributed by atoms with Gasteiger partial charge in [0.1, 0.15) is 0 Å². The molecule has 0 saturated carbocycles. The molecule has 0 spiro atoms. The second-order valence-electron chi connectivity index (χ2n) is 0.759. The summed E-state index contributed by atoms with van der Waals surface area (Å²) in [5.74, 6) is 0. The van der Waals surface area contributed by atoms with Gasteiger partial charge in [0.2, 0.25) is 0 Å². The molecule has 0 fully saturated rings. The van der Waals surface area contributed by atoms with Crippen LogP contribution in [0.5, 0.6) is 0 Å². The first-order valence-corrected chi connectivity index (χ1v) is 2.85. The third kappa shape index (κ3) is 72400. The van der Waals surface area contributed by atoms with Crippen molar-refractivity contribution in [3.8, 4) is 0 Å². The van der Waals surface area contributed by atoms with E-state index in [1.807, 2.05) is 13.8 Å². The third-order valence-corrected chi connectivity index (χ3v) is 0. The Labute approximate surface area is 126 Å². The average molecular weight is 262 g/mol. The van der Waals surface area contributed by atoms with Crippen LogP contribution in [0.2, 0.25) is 0 Å². The molecule has 0 atom stereocenters. The molecule has 0 amide bonds. The van der Waals surface area contributed by atoms with Crippen molar-refractivity contribution in [3.63, 3.8) is 0 Å². The number of carboxylic acid groups (broad SMARTS) is 3. The molecule has 0 rings (SSSR count). The molecule has 6 nitrogen and oxygen atoms in total. The Balaban J connectivity index is -0.0000000298. The van der Waals surface area contributed by atoms with Crippen molar-refractivity contribution in [3.05, 3.63) is 0 Å². The van der Waals surface area contributed by atoms with Gasteiger partial charge in [-0.25, -0.2) is 14.4 Å². The van der Waals surface area contributed by atoms with Crippen LogP contribution in [0.3, 0.4) is 0 Å². The predicted octanol–water partition coefficient (Wildman–Crippen LogP) is 2.28. The molecule has 88 valence electrons. The molecule has 0 aliphatic rings. The van der Waals surface area contributed by atoms with Crippen molar-refractivity contribution < 1.29 is 42.9 Å². The second kappa shape index (κ2) is 29.2. The van der Waals surface area contributed by atoms with E-state index in [4.69, 9.17) is 29.7 Å². The molecule has 10 heteroatoms. The van der Waals surface area contributed by atoms with Gasteiger partial charge in [0.15, 0.2) is 0 Å². The molecule has 0 heterocycles. The van der Waals surface area contributed by atoms with Gasteiger partial charge in [-0.1, -0.05) is 13.8 Å². The summed E-state index contributed by atoms with van der Waals surface area (Å²) < 4.78 is 29.8. The average Bonchev–Trinajstić information content (AvgIpc) is 1.86. The van der Waals surface area contributed by atoms with Gasteiger partial charge in [-0.05, 0) is 0 Å². The van der Waals surface area contributed by atoms with Crippen LogP contribution in [0.4, 0.5) is 27.6 Å². The Hall–Kier alpha value is -0.164. The molecule has 0 aromatic carbocycles. The van der Waals surface area contributed by atoms with Gasteiger partial charge < -0.3 is 15.3 Å². The number of hydrogen-bond acceptors (Lipinski definition) is 3. The van der Waals surface area contributed by atoms with Crippen LogP contribution in [0, 0.1) is 0 Å². The summed E-state index contributed by atoms with van der Waals surface area (Å²) in [6.07, 6.45) is -7.00. The van der Waals surface area contributed by atoms with E-state index in [0.29, 0.717) is 0 Å². The van der Waals surface area contributed by atoms with Crippen molar-refractivity contribution in [1.29, 1.82) is 0 Å². The Morgan fingerprint density at radius 3 is 0.733 bits per heavy atom. The van der Waals surface area contributed by atoms with E-state index in [-0.39, 0.29) is 51.4 Å². The molecule has 3 N–H and O–H groups in total. The monoisotopic (exact) mass is 262 g/mol. The minimum absolute atomic E-state index is 0. The Kier molecular flexibility index (Phi) is 57.1. The Morgan fingerprint density at radius 2 is 0.733 bits per heavy atom. The van der Waals surface area contributed by atoms with Gasteiger partial charge in [0.25, 0.3) is 0 Å².